The molecule has 0 saturated heterocycles. The molecule has 130 valence electrons. The lowest BCUT2D eigenvalue weighted by molar-refractivity contribution is -0.123. The number of nitrogens with zero attached hydrogens (tertiary/aromatic N) is 1. The third-order valence-electron chi connectivity index (χ3n) is 4.54. The van der Waals surface area contributed by atoms with Gasteiger partial charge < -0.3 is 15.0 Å². The molecule has 1 aliphatic rings. The van der Waals surface area contributed by atoms with E-state index >= 15 is 0 Å². The number of carbonyl (C=O) groups excluding carboxylic acids is 2. The Kier molecular flexibility index (Phi) is 4.49. The lowest BCUT2D eigenvalue weighted by Gasteiger charge is -2.16. The standard InChI is InChI=1S/C20H22N2O3/c1-20(2)16-11-14(9-10-17(16)22(3)19(20)24)12-21-18(23)13-25-15-7-5-4-6-8-15/h4-11H,12-13H2,1-3H3,(H,21,23). The second kappa shape index (κ2) is 6.59. The van der Waals surface area contributed by atoms with Crippen LogP contribution < -0.4 is 15.0 Å². The summed E-state index contributed by atoms with van der Waals surface area (Å²) >= 11 is 0. The Bertz CT molecular complexity index is 800. The number of ether oxygens (including phenoxy) is 1. The van der Waals surface area contributed by atoms with Gasteiger partial charge in [-0.1, -0.05) is 30.3 Å². The third-order valence-corrected chi connectivity index (χ3v) is 4.54. The molecule has 5 nitrogen and oxygen atoms in total. The van der Waals surface area contributed by atoms with Gasteiger partial charge in [-0.3, -0.25) is 9.59 Å². The second-order valence-electron chi connectivity index (χ2n) is 6.72. The summed E-state index contributed by atoms with van der Waals surface area (Å²) in [7, 11) is 1.79. The average molecular weight is 338 g/mol. The van der Waals surface area contributed by atoms with Crippen LogP contribution in [0.4, 0.5) is 5.69 Å². The van der Waals surface area contributed by atoms with Gasteiger partial charge in [0.25, 0.3) is 5.91 Å². The smallest absolute Gasteiger partial charge is 0.258 e. The molecular formula is C20H22N2O3. The second-order valence-corrected chi connectivity index (χ2v) is 6.72. The molecule has 0 bridgehead atoms. The number of para-hydroxylation sites is 1. The number of fused-ring (bicyclic) bond motifs is 1. The number of anilines is 1. The molecule has 2 aromatic carbocycles. The molecule has 0 unspecified atom stereocenters. The molecule has 1 N–H and O–H groups in total. The van der Waals surface area contributed by atoms with Crippen LogP contribution in [-0.2, 0) is 21.5 Å². The van der Waals surface area contributed by atoms with Crippen molar-refractivity contribution >= 4 is 17.5 Å². The number of hydrogen-bond acceptors (Lipinski definition) is 3. The van der Waals surface area contributed by atoms with Gasteiger partial charge in [0.1, 0.15) is 5.75 Å². The van der Waals surface area contributed by atoms with Crippen LogP contribution in [0.3, 0.4) is 0 Å². The number of rotatable bonds is 5. The van der Waals surface area contributed by atoms with Crippen LogP contribution in [0.25, 0.3) is 0 Å². The minimum absolute atomic E-state index is 0.0261. The van der Waals surface area contributed by atoms with Gasteiger partial charge in [0.2, 0.25) is 5.91 Å². The SMILES string of the molecule is CN1C(=O)C(C)(C)c2cc(CNC(=O)COc3ccccc3)ccc21. The van der Waals surface area contributed by atoms with Gasteiger partial charge in [-0.2, -0.15) is 0 Å². The molecule has 0 radical (unpaired) electrons. The van der Waals surface area contributed by atoms with Gasteiger partial charge in [0.05, 0.1) is 5.41 Å². The van der Waals surface area contributed by atoms with E-state index in [2.05, 4.69) is 5.32 Å². The Morgan fingerprint density at radius 1 is 1.16 bits per heavy atom. The Hall–Kier alpha value is -2.82. The van der Waals surface area contributed by atoms with E-state index in [1.807, 2.05) is 62.4 Å². The number of likely N-dealkylation sites (N-methyl/N-ethyl adjacent to an activating group) is 1. The lowest BCUT2D eigenvalue weighted by Crippen LogP contribution is -2.33. The zero-order valence-corrected chi connectivity index (χ0v) is 14.7. The van der Waals surface area contributed by atoms with E-state index in [4.69, 9.17) is 4.74 Å². The van der Waals surface area contributed by atoms with Crippen molar-refractivity contribution in [1.29, 1.82) is 0 Å². The van der Waals surface area contributed by atoms with Crippen LogP contribution >= 0.6 is 0 Å². The van der Waals surface area contributed by atoms with Crippen LogP contribution in [0.2, 0.25) is 0 Å². The molecule has 1 aliphatic heterocycles. The topological polar surface area (TPSA) is 58.6 Å². The van der Waals surface area contributed by atoms with Gasteiger partial charge in [-0.25, -0.2) is 0 Å². The first-order chi connectivity index (χ1) is 11.9. The summed E-state index contributed by atoms with van der Waals surface area (Å²) in [4.78, 5) is 26.0. The number of carbonyl (C=O) groups is 2. The van der Waals surface area contributed by atoms with Gasteiger partial charge in [-0.05, 0) is 43.2 Å². The normalized spacial score (nSPS) is 15.0. The van der Waals surface area contributed by atoms with Crippen molar-refractivity contribution in [3.8, 4) is 5.75 Å². The minimum Gasteiger partial charge on any atom is -0.484 e. The van der Waals surface area contributed by atoms with Crippen molar-refractivity contribution in [2.24, 2.45) is 0 Å². The van der Waals surface area contributed by atoms with E-state index < -0.39 is 5.41 Å². The Morgan fingerprint density at radius 2 is 1.88 bits per heavy atom. The van der Waals surface area contributed by atoms with Crippen LogP contribution in [-0.4, -0.2) is 25.5 Å². The summed E-state index contributed by atoms with van der Waals surface area (Å²) < 4.78 is 5.43. The summed E-state index contributed by atoms with van der Waals surface area (Å²) in [5.41, 5.74) is 2.34. The molecule has 2 amide bonds. The predicted molar refractivity (Wildman–Crippen MR) is 96.7 cm³/mol. The molecule has 2 aromatic rings. The number of nitrogens with one attached hydrogen (secondary N) is 1. The van der Waals surface area contributed by atoms with Gasteiger partial charge in [-0.15, -0.1) is 0 Å². The van der Waals surface area contributed by atoms with E-state index in [0.717, 1.165) is 16.8 Å². The van der Waals surface area contributed by atoms with Crippen molar-refractivity contribution < 1.29 is 14.3 Å². The van der Waals surface area contributed by atoms with Crippen molar-refractivity contribution in [2.75, 3.05) is 18.6 Å². The van der Waals surface area contributed by atoms with Crippen LogP contribution in [0.1, 0.15) is 25.0 Å². The molecule has 5 heteroatoms. The molecule has 0 saturated carbocycles. The minimum atomic E-state index is -0.541. The molecule has 0 atom stereocenters. The first-order valence-electron chi connectivity index (χ1n) is 8.25. The number of benzene rings is 2. The first-order valence-corrected chi connectivity index (χ1v) is 8.25. The molecule has 0 fully saturated rings. The third kappa shape index (κ3) is 3.36. The summed E-state index contributed by atoms with van der Waals surface area (Å²) in [6, 6.07) is 15.1. The van der Waals surface area contributed by atoms with E-state index in [0.29, 0.717) is 12.3 Å². The zero-order chi connectivity index (χ0) is 18.0. The Labute approximate surface area is 147 Å². The maximum Gasteiger partial charge on any atom is 0.258 e. The highest BCUT2D eigenvalue weighted by atomic mass is 16.5. The maximum absolute atomic E-state index is 12.3. The highest BCUT2D eigenvalue weighted by Gasteiger charge is 2.42. The fourth-order valence-corrected chi connectivity index (χ4v) is 3.05. The Morgan fingerprint density at radius 3 is 2.60 bits per heavy atom. The fraction of sp³-hybridized carbons (Fsp3) is 0.300. The van der Waals surface area contributed by atoms with Gasteiger partial charge in [0, 0.05) is 19.3 Å². The monoisotopic (exact) mass is 338 g/mol. The van der Waals surface area contributed by atoms with Crippen LogP contribution in [0, 0.1) is 0 Å². The lowest BCUT2D eigenvalue weighted by atomic mass is 9.85. The quantitative estimate of drug-likeness (QED) is 0.912. The van der Waals surface area contributed by atoms with E-state index in [9.17, 15) is 9.59 Å². The van der Waals surface area contributed by atoms with Crippen molar-refractivity contribution in [1.82, 2.24) is 5.32 Å². The first kappa shape index (κ1) is 17.0. The zero-order valence-electron chi connectivity index (χ0n) is 14.7. The van der Waals surface area contributed by atoms with E-state index in [1.54, 1.807) is 11.9 Å². The molecule has 0 aliphatic carbocycles. The van der Waals surface area contributed by atoms with Gasteiger partial charge in [0.15, 0.2) is 6.61 Å². The summed E-state index contributed by atoms with van der Waals surface area (Å²) in [5, 5.41) is 2.85. The molecular weight excluding hydrogens is 316 g/mol. The number of amides is 2. The largest absolute Gasteiger partial charge is 0.484 e. The predicted octanol–water partition coefficient (Wildman–Crippen LogP) is 2.64. The molecule has 3 rings (SSSR count). The van der Waals surface area contributed by atoms with E-state index in [-0.39, 0.29) is 18.4 Å². The molecule has 0 spiro atoms. The van der Waals surface area contributed by atoms with Crippen molar-refractivity contribution in [3.63, 3.8) is 0 Å². The molecule has 1 heterocycles. The highest BCUT2D eigenvalue weighted by molar-refractivity contribution is 6.07. The molecule has 0 aromatic heterocycles. The summed E-state index contributed by atoms with van der Waals surface area (Å²) in [6.07, 6.45) is 0. The highest BCUT2D eigenvalue weighted by Crippen LogP contribution is 2.40. The van der Waals surface area contributed by atoms with Crippen molar-refractivity contribution in [2.45, 2.75) is 25.8 Å². The van der Waals surface area contributed by atoms with Gasteiger partial charge >= 0.3 is 0 Å². The molecule has 25 heavy (non-hydrogen) atoms. The summed E-state index contributed by atoms with van der Waals surface area (Å²) in [6.45, 7) is 4.22. The maximum atomic E-state index is 12.3. The van der Waals surface area contributed by atoms with Crippen LogP contribution in [0.5, 0.6) is 5.75 Å². The fourth-order valence-electron chi connectivity index (χ4n) is 3.05. The van der Waals surface area contributed by atoms with E-state index in [1.165, 1.54) is 0 Å². The van der Waals surface area contributed by atoms with Crippen molar-refractivity contribution in [3.05, 3.63) is 59.7 Å². The number of hydrogen-bond donors (Lipinski definition) is 1. The summed E-state index contributed by atoms with van der Waals surface area (Å²) in [5.74, 6) is 0.565. The average Bonchev–Trinajstić information content (AvgIpc) is 2.79. The van der Waals surface area contributed by atoms with Crippen LogP contribution in [0.15, 0.2) is 48.5 Å². The Balaban J connectivity index is 1.60.